The third kappa shape index (κ3) is 2.95. The fourth-order valence-corrected chi connectivity index (χ4v) is 1.84. The molecular formula is C13H10ClNO4. The van der Waals surface area contributed by atoms with E-state index >= 15 is 0 Å². The highest BCUT2D eigenvalue weighted by molar-refractivity contribution is 6.31. The zero-order chi connectivity index (χ0) is 13.8. The molecule has 1 aromatic heterocycles. The van der Waals surface area contributed by atoms with Gasteiger partial charge in [-0.05, 0) is 18.2 Å². The SMILES string of the molecule is O=C(N[C@@H](C(=O)O)c1ccccc1Cl)c1ccco1. The topological polar surface area (TPSA) is 79.5 Å². The van der Waals surface area contributed by atoms with Crippen LogP contribution in [-0.4, -0.2) is 17.0 Å². The quantitative estimate of drug-likeness (QED) is 0.901. The molecule has 0 aliphatic heterocycles. The van der Waals surface area contributed by atoms with Gasteiger partial charge in [0, 0.05) is 10.6 Å². The number of carboxylic acid groups (broad SMARTS) is 1. The van der Waals surface area contributed by atoms with E-state index in [1.807, 2.05) is 0 Å². The first-order valence-corrected chi connectivity index (χ1v) is 5.79. The number of halogens is 1. The van der Waals surface area contributed by atoms with Gasteiger partial charge < -0.3 is 14.8 Å². The van der Waals surface area contributed by atoms with Gasteiger partial charge in [-0.25, -0.2) is 4.79 Å². The van der Waals surface area contributed by atoms with E-state index in [0.29, 0.717) is 5.56 Å². The van der Waals surface area contributed by atoms with Crippen LogP contribution in [0.3, 0.4) is 0 Å². The second-order valence-electron chi connectivity index (χ2n) is 3.74. The number of rotatable bonds is 4. The van der Waals surface area contributed by atoms with E-state index in [1.54, 1.807) is 30.3 Å². The van der Waals surface area contributed by atoms with Gasteiger partial charge >= 0.3 is 5.97 Å². The van der Waals surface area contributed by atoms with Crippen molar-refractivity contribution in [1.29, 1.82) is 0 Å². The van der Waals surface area contributed by atoms with Crippen LogP contribution in [-0.2, 0) is 4.79 Å². The molecule has 0 aliphatic carbocycles. The Morgan fingerprint density at radius 1 is 1.21 bits per heavy atom. The predicted octanol–water partition coefficient (Wildman–Crippen LogP) is 2.49. The zero-order valence-electron chi connectivity index (χ0n) is 9.67. The molecule has 0 spiro atoms. The monoisotopic (exact) mass is 279 g/mol. The molecule has 2 N–H and O–H groups in total. The van der Waals surface area contributed by atoms with E-state index in [9.17, 15) is 14.7 Å². The predicted molar refractivity (Wildman–Crippen MR) is 68.0 cm³/mol. The minimum absolute atomic E-state index is 0.0401. The molecule has 1 heterocycles. The van der Waals surface area contributed by atoms with Crippen molar-refractivity contribution in [2.45, 2.75) is 6.04 Å². The second-order valence-corrected chi connectivity index (χ2v) is 4.15. The summed E-state index contributed by atoms with van der Waals surface area (Å²) in [5.41, 5.74) is 0.316. The van der Waals surface area contributed by atoms with Crippen molar-refractivity contribution in [1.82, 2.24) is 5.32 Å². The summed E-state index contributed by atoms with van der Waals surface area (Å²) in [5.74, 6) is -1.77. The third-order valence-corrected chi connectivity index (χ3v) is 2.83. The van der Waals surface area contributed by atoms with E-state index in [1.165, 1.54) is 12.3 Å². The summed E-state index contributed by atoms with van der Waals surface area (Å²) in [6, 6.07) is 8.19. The molecule has 0 unspecified atom stereocenters. The minimum Gasteiger partial charge on any atom is -0.479 e. The molecular weight excluding hydrogens is 270 g/mol. The van der Waals surface area contributed by atoms with Crippen LogP contribution in [0.2, 0.25) is 5.02 Å². The standard InChI is InChI=1S/C13H10ClNO4/c14-9-5-2-1-4-8(9)11(13(17)18)15-12(16)10-6-3-7-19-10/h1-7,11H,(H,15,16)(H,17,18)/t11-/m1/s1. The van der Waals surface area contributed by atoms with Crippen molar-refractivity contribution >= 4 is 23.5 Å². The number of hydrogen-bond acceptors (Lipinski definition) is 3. The first kappa shape index (κ1) is 13.2. The van der Waals surface area contributed by atoms with Crippen molar-refractivity contribution in [3.8, 4) is 0 Å². The van der Waals surface area contributed by atoms with E-state index in [-0.39, 0.29) is 10.8 Å². The van der Waals surface area contributed by atoms with Gasteiger partial charge in [0.1, 0.15) is 0 Å². The van der Waals surface area contributed by atoms with Crippen LogP contribution >= 0.6 is 11.6 Å². The maximum absolute atomic E-state index is 11.8. The molecule has 0 saturated heterocycles. The lowest BCUT2D eigenvalue weighted by molar-refractivity contribution is -0.139. The van der Waals surface area contributed by atoms with Crippen LogP contribution in [0.5, 0.6) is 0 Å². The fourth-order valence-electron chi connectivity index (χ4n) is 1.59. The van der Waals surface area contributed by atoms with Gasteiger partial charge in [-0.2, -0.15) is 0 Å². The zero-order valence-corrected chi connectivity index (χ0v) is 10.4. The third-order valence-electron chi connectivity index (χ3n) is 2.48. The number of benzene rings is 1. The summed E-state index contributed by atoms with van der Waals surface area (Å²) < 4.78 is 4.90. The Labute approximate surface area is 113 Å². The molecule has 1 amide bonds. The van der Waals surface area contributed by atoms with E-state index in [2.05, 4.69) is 5.32 Å². The molecule has 0 fully saturated rings. The molecule has 0 saturated carbocycles. The summed E-state index contributed by atoms with van der Waals surface area (Å²) in [7, 11) is 0. The molecule has 5 nitrogen and oxygen atoms in total. The smallest absolute Gasteiger partial charge is 0.330 e. The summed E-state index contributed by atoms with van der Waals surface area (Å²) in [4.78, 5) is 23.0. The Bertz CT molecular complexity index is 594. The molecule has 98 valence electrons. The first-order chi connectivity index (χ1) is 9.09. The average Bonchev–Trinajstić information content (AvgIpc) is 2.90. The first-order valence-electron chi connectivity index (χ1n) is 5.41. The van der Waals surface area contributed by atoms with Crippen molar-refractivity contribution in [3.63, 3.8) is 0 Å². The number of carboxylic acids is 1. The highest BCUT2D eigenvalue weighted by Gasteiger charge is 2.25. The van der Waals surface area contributed by atoms with Crippen LogP contribution < -0.4 is 5.32 Å². The molecule has 19 heavy (non-hydrogen) atoms. The summed E-state index contributed by atoms with van der Waals surface area (Å²) in [6.45, 7) is 0. The van der Waals surface area contributed by atoms with Crippen LogP contribution in [0.4, 0.5) is 0 Å². The molecule has 2 aromatic rings. The van der Waals surface area contributed by atoms with Gasteiger partial charge in [0.25, 0.3) is 5.91 Å². The molecule has 1 atom stereocenters. The van der Waals surface area contributed by atoms with E-state index in [4.69, 9.17) is 16.0 Å². The summed E-state index contributed by atoms with van der Waals surface area (Å²) in [6.07, 6.45) is 1.33. The highest BCUT2D eigenvalue weighted by Crippen LogP contribution is 2.23. The van der Waals surface area contributed by atoms with Gasteiger partial charge in [-0.15, -0.1) is 0 Å². The Balaban J connectivity index is 2.25. The van der Waals surface area contributed by atoms with E-state index < -0.39 is 17.9 Å². The number of furan rings is 1. The van der Waals surface area contributed by atoms with Gasteiger partial charge in [-0.1, -0.05) is 29.8 Å². The largest absolute Gasteiger partial charge is 0.479 e. The van der Waals surface area contributed by atoms with Crippen LogP contribution in [0, 0.1) is 0 Å². The van der Waals surface area contributed by atoms with Crippen LogP contribution in [0.25, 0.3) is 0 Å². The van der Waals surface area contributed by atoms with Crippen molar-refractivity contribution in [2.75, 3.05) is 0 Å². The lowest BCUT2D eigenvalue weighted by Gasteiger charge is -2.15. The Morgan fingerprint density at radius 3 is 2.53 bits per heavy atom. The number of aliphatic carboxylic acids is 1. The van der Waals surface area contributed by atoms with Crippen LogP contribution in [0.1, 0.15) is 22.2 Å². The summed E-state index contributed by atoms with van der Waals surface area (Å²) in [5, 5.41) is 11.8. The highest BCUT2D eigenvalue weighted by atomic mass is 35.5. The Hall–Kier alpha value is -2.27. The van der Waals surface area contributed by atoms with Gasteiger partial charge in [0.15, 0.2) is 11.8 Å². The Kier molecular flexibility index (Phi) is 3.87. The second kappa shape index (κ2) is 5.58. The lowest BCUT2D eigenvalue weighted by Crippen LogP contribution is -2.33. The lowest BCUT2D eigenvalue weighted by atomic mass is 10.1. The number of carbonyl (C=O) groups is 2. The number of nitrogens with one attached hydrogen (secondary N) is 1. The molecule has 0 bridgehead atoms. The van der Waals surface area contributed by atoms with Crippen molar-refractivity contribution < 1.29 is 19.1 Å². The normalized spacial score (nSPS) is 11.8. The van der Waals surface area contributed by atoms with Crippen molar-refractivity contribution in [3.05, 3.63) is 59.0 Å². The maximum Gasteiger partial charge on any atom is 0.330 e. The average molecular weight is 280 g/mol. The number of carbonyl (C=O) groups excluding carboxylic acids is 1. The molecule has 0 radical (unpaired) electrons. The minimum atomic E-state index is -1.23. The van der Waals surface area contributed by atoms with Crippen molar-refractivity contribution in [2.24, 2.45) is 0 Å². The fraction of sp³-hybridized carbons (Fsp3) is 0.0769. The van der Waals surface area contributed by atoms with Gasteiger partial charge in [0.2, 0.25) is 0 Å². The molecule has 2 rings (SSSR count). The maximum atomic E-state index is 11.8. The number of hydrogen-bond donors (Lipinski definition) is 2. The van der Waals surface area contributed by atoms with Crippen LogP contribution in [0.15, 0.2) is 47.1 Å². The van der Waals surface area contributed by atoms with Gasteiger partial charge in [-0.3, -0.25) is 4.79 Å². The molecule has 6 heteroatoms. The Morgan fingerprint density at radius 2 is 1.95 bits per heavy atom. The molecule has 1 aromatic carbocycles. The molecule has 0 aliphatic rings. The van der Waals surface area contributed by atoms with Gasteiger partial charge in [0.05, 0.1) is 6.26 Å². The summed E-state index contributed by atoms with van der Waals surface area (Å²) >= 11 is 5.93. The van der Waals surface area contributed by atoms with E-state index in [0.717, 1.165) is 0 Å². The number of amides is 1.